The van der Waals surface area contributed by atoms with Gasteiger partial charge in [0.05, 0.1) is 23.7 Å². The van der Waals surface area contributed by atoms with Crippen molar-refractivity contribution in [3.8, 4) is 23.1 Å². The molecule has 1 fully saturated rings. The van der Waals surface area contributed by atoms with Crippen LogP contribution in [0.25, 0.3) is 33.2 Å². The van der Waals surface area contributed by atoms with E-state index in [0.717, 1.165) is 56.9 Å². The first kappa shape index (κ1) is 18.7. The lowest BCUT2D eigenvalue weighted by atomic mass is 10.1. The molecule has 1 aliphatic rings. The molecule has 7 nitrogen and oxygen atoms in total. The molecule has 1 aliphatic heterocycles. The zero-order chi connectivity index (χ0) is 20.1. The van der Waals surface area contributed by atoms with Gasteiger partial charge in [0.15, 0.2) is 5.88 Å². The second kappa shape index (κ2) is 7.17. The Morgan fingerprint density at radius 2 is 2.07 bits per heavy atom. The Kier molecular flexibility index (Phi) is 4.62. The molecule has 0 amide bonds. The van der Waals surface area contributed by atoms with Gasteiger partial charge >= 0.3 is 0 Å². The molecule has 4 heterocycles. The monoisotopic (exact) mass is 503 g/mol. The van der Waals surface area contributed by atoms with Crippen LogP contribution in [0.1, 0.15) is 18.9 Å². The zero-order valence-corrected chi connectivity index (χ0v) is 18.5. The normalized spacial score (nSPS) is 16.1. The Morgan fingerprint density at radius 3 is 2.83 bits per heavy atom. The predicted molar refractivity (Wildman–Crippen MR) is 122 cm³/mol. The molecule has 1 aromatic carbocycles. The van der Waals surface area contributed by atoms with Crippen LogP contribution in [-0.2, 0) is 0 Å². The average Bonchev–Trinajstić information content (AvgIpc) is 3.27. The van der Waals surface area contributed by atoms with Crippen molar-refractivity contribution in [2.45, 2.75) is 18.9 Å². The van der Waals surface area contributed by atoms with Crippen molar-refractivity contribution < 1.29 is 9.84 Å². The van der Waals surface area contributed by atoms with Gasteiger partial charge in [-0.25, -0.2) is 9.97 Å². The highest BCUT2D eigenvalue weighted by molar-refractivity contribution is 14.1. The lowest BCUT2D eigenvalue weighted by Gasteiger charge is -2.30. The van der Waals surface area contributed by atoms with E-state index in [1.165, 1.54) is 0 Å². The molecule has 0 radical (unpaired) electrons. The standard InChI is InChI=1S/C21H22IN5O2/c1-26-7-4-13(5-8-26)27-11-12-9-16-17(10-14(12)21(27)28)25-19(24-16)18-15(22)3-6-23-20(18)29-2/h3,6,9-11,13,28H,4-5,7-8H2,1-2H3,(H,24,25). The number of H-pyrrole nitrogens is 1. The molecule has 8 heteroatoms. The van der Waals surface area contributed by atoms with E-state index >= 15 is 0 Å². The second-order valence-electron chi connectivity index (χ2n) is 7.61. The highest BCUT2D eigenvalue weighted by Gasteiger charge is 2.22. The number of piperidine rings is 1. The number of pyridine rings is 1. The number of aromatic amines is 1. The highest BCUT2D eigenvalue weighted by Crippen LogP contribution is 2.37. The van der Waals surface area contributed by atoms with E-state index in [-0.39, 0.29) is 0 Å². The van der Waals surface area contributed by atoms with Gasteiger partial charge < -0.3 is 24.3 Å². The summed E-state index contributed by atoms with van der Waals surface area (Å²) in [7, 11) is 3.76. The number of ether oxygens (including phenoxy) is 1. The number of likely N-dealkylation sites (tertiary alicyclic amines) is 1. The molecule has 0 aliphatic carbocycles. The maximum Gasteiger partial charge on any atom is 0.225 e. The predicted octanol–water partition coefficient (Wildman–Crippen LogP) is 4.17. The Bertz CT molecular complexity index is 1210. The summed E-state index contributed by atoms with van der Waals surface area (Å²) in [6, 6.07) is 6.28. The van der Waals surface area contributed by atoms with Crippen LogP contribution in [0, 0.1) is 3.57 Å². The number of aromatic nitrogens is 4. The molecule has 150 valence electrons. The van der Waals surface area contributed by atoms with Gasteiger partial charge in [-0.1, -0.05) is 0 Å². The van der Waals surface area contributed by atoms with Gasteiger partial charge in [0.2, 0.25) is 5.88 Å². The summed E-state index contributed by atoms with van der Waals surface area (Å²) in [6.07, 6.45) is 5.88. The first-order chi connectivity index (χ1) is 14.0. The fourth-order valence-electron chi connectivity index (χ4n) is 4.18. The van der Waals surface area contributed by atoms with Gasteiger partial charge in [0.1, 0.15) is 5.82 Å². The number of hydrogen-bond donors (Lipinski definition) is 2. The van der Waals surface area contributed by atoms with E-state index < -0.39 is 0 Å². The van der Waals surface area contributed by atoms with Crippen LogP contribution in [0.15, 0.2) is 30.6 Å². The van der Waals surface area contributed by atoms with Crippen LogP contribution in [0.3, 0.4) is 0 Å². The summed E-state index contributed by atoms with van der Waals surface area (Å²) in [5.74, 6) is 1.58. The van der Waals surface area contributed by atoms with E-state index in [4.69, 9.17) is 9.72 Å². The molecule has 3 aromatic heterocycles. The zero-order valence-electron chi connectivity index (χ0n) is 16.3. The average molecular weight is 503 g/mol. The third kappa shape index (κ3) is 3.14. The van der Waals surface area contributed by atoms with Crippen LogP contribution in [0.4, 0.5) is 0 Å². The quantitative estimate of drug-likeness (QED) is 0.411. The number of fused-ring (bicyclic) bond motifs is 2. The maximum absolute atomic E-state index is 10.9. The lowest BCUT2D eigenvalue weighted by molar-refractivity contribution is 0.213. The summed E-state index contributed by atoms with van der Waals surface area (Å²) in [6.45, 7) is 2.10. The number of halogens is 1. The van der Waals surface area contributed by atoms with E-state index in [1.54, 1.807) is 13.3 Å². The van der Waals surface area contributed by atoms with Crippen LogP contribution in [-0.4, -0.2) is 56.8 Å². The molecular formula is C21H22IN5O2. The topological polar surface area (TPSA) is 79.2 Å². The number of imidazole rings is 1. The summed E-state index contributed by atoms with van der Waals surface area (Å²) >= 11 is 2.26. The first-order valence-electron chi connectivity index (χ1n) is 9.66. The van der Waals surface area contributed by atoms with E-state index in [1.807, 2.05) is 16.7 Å². The van der Waals surface area contributed by atoms with E-state index in [2.05, 4.69) is 56.8 Å². The SMILES string of the molecule is COc1nccc(I)c1-c1nc2cc3c(O)n(C4CCN(C)CC4)cc3cc2[nH]1. The molecule has 0 spiro atoms. The van der Waals surface area contributed by atoms with Gasteiger partial charge in [0, 0.05) is 32.8 Å². The number of methoxy groups -OCH3 is 1. The van der Waals surface area contributed by atoms with Gasteiger partial charge in [-0.05, 0) is 73.8 Å². The van der Waals surface area contributed by atoms with Crippen molar-refractivity contribution in [3.05, 3.63) is 34.2 Å². The first-order valence-corrected chi connectivity index (χ1v) is 10.7. The smallest absolute Gasteiger partial charge is 0.225 e. The summed E-state index contributed by atoms with van der Waals surface area (Å²) < 4.78 is 8.47. The fourth-order valence-corrected chi connectivity index (χ4v) is 4.83. The number of nitrogens with zero attached hydrogens (tertiary/aromatic N) is 4. The minimum atomic E-state index is 0.328. The molecule has 2 N–H and O–H groups in total. The number of nitrogens with one attached hydrogen (secondary N) is 1. The van der Waals surface area contributed by atoms with Crippen molar-refractivity contribution >= 4 is 44.4 Å². The third-order valence-corrected chi connectivity index (χ3v) is 6.69. The van der Waals surface area contributed by atoms with Crippen LogP contribution in [0.5, 0.6) is 11.8 Å². The van der Waals surface area contributed by atoms with Gasteiger partial charge in [-0.3, -0.25) is 0 Å². The molecular weight excluding hydrogens is 481 g/mol. The van der Waals surface area contributed by atoms with E-state index in [9.17, 15) is 5.11 Å². The second-order valence-corrected chi connectivity index (χ2v) is 8.78. The van der Waals surface area contributed by atoms with Crippen LogP contribution < -0.4 is 4.74 Å². The Labute approximate surface area is 181 Å². The number of aromatic hydroxyl groups is 1. The minimum Gasteiger partial charge on any atom is -0.494 e. The largest absolute Gasteiger partial charge is 0.494 e. The van der Waals surface area contributed by atoms with Crippen LogP contribution >= 0.6 is 22.6 Å². The van der Waals surface area contributed by atoms with Gasteiger partial charge in [0.25, 0.3) is 0 Å². The Morgan fingerprint density at radius 1 is 1.28 bits per heavy atom. The van der Waals surface area contributed by atoms with Crippen molar-refractivity contribution in [1.82, 2.24) is 24.4 Å². The fraction of sp³-hybridized carbons (Fsp3) is 0.333. The molecule has 0 bridgehead atoms. The van der Waals surface area contributed by atoms with Crippen molar-refractivity contribution in [3.63, 3.8) is 0 Å². The van der Waals surface area contributed by atoms with E-state index in [0.29, 0.717) is 23.6 Å². The highest BCUT2D eigenvalue weighted by atomic mass is 127. The molecule has 29 heavy (non-hydrogen) atoms. The lowest BCUT2D eigenvalue weighted by Crippen LogP contribution is -2.31. The molecule has 1 saturated heterocycles. The minimum absolute atomic E-state index is 0.328. The Balaban J connectivity index is 1.59. The maximum atomic E-state index is 10.9. The number of rotatable bonds is 3. The van der Waals surface area contributed by atoms with Crippen molar-refractivity contribution in [1.29, 1.82) is 0 Å². The third-order valence-electron chi connectivity index (χ3n) is 5.79. The Hall–Kier alpha value is -2.33. The molecule has 5 rings (SSSR count). The van der Waals surface area contributed by atoms with Crippen molar-refractivity contribution in [2.75, 3.05) is 27.2 Å². The van der Waals surface area contributed by atoms with Gasteiger partial charge in [-0.2, -0.15) is 0 Å². The summed E-state index contributed by atoms with van der Waals surface area (Å²) in [5, 5.41) is 12.7. The number of hydrogen-bond acceptors (Lipinski definition) is 5. The van der Waals surface area contributed by atoms with Crippen LogP contribution in [0.2, 0.25) is 0 Å². The summed E-state index contributed by atoms with van der Waals surface area (Å²) in [4.78, 5) is 14.8. The molecule has 0 unspecified atom stereocenters. The van der Waals surface area contributed by atoms with Crippen molar-refractivity contribution in [2.24, 2.45) is 0 Å². The summed E-state index contributed by atoms with van der Waals surface area (Å²) in [5.41, 5.74) is 2.58. The molecule has 4 aromatic rings. The number of benzene rings is 1. The van der Waals surface area contributed by atoms with Gasteiger partial charge in [-0.15, -0.1) is 0 Å². The molecule has 0 saturated carbocycles. The molecule has 0 atom stereocenters.